The van der Waals surface area contributed by atoms with E-state index in [0.717, 1.165) is 0 Å². The van der Waals surface area contributed by atoms with Crippen molar-refractivity contribution in [3.63, 3.8) is 0 Å². The average molecular weight is 697 g/mol. The highest BCUT2D eigenvalue weighted by Gasteiger charge is 2.48. The van der Waals surface area contributed by atoms with Crippen molar-refractivity contribution in [2.24, 2.45) is 29.6 Å². The van der Waals surface area contributed by atoms with E-state index in [9.17, 15) is 28.8 Å². The third-order valence-corrected chi connectivity index (χ3v) is 8.94. The zero-order chi connectivity index (χ0) is 38.6. The highest BCUT2D eigenvalue weighted by atomic mass is 16.5. The van der Waals surface area contributed by atoms with Gasteiger partial charge < -0.3 is 35.8 Å². The Morgan fingerprint density at radius 3 is 1.59 bits per heavy atom. The Morgan fingerprint density at radius 1 is 0.714 bits per heavy atom. The molecule has 0 fully saturated rings. The number of aldehydes is 1. The van der Waals surface area contributed by atoms with Gasteiger partial charge in [-0.3, -0.25) is 28.8 Å². The molecule has 6 unspecified atom stereocenters. The maximum absolute atomic E-state index is 14.4. The summed E-state index contributed by atoms with van der Waals surface area (Å²) in [5.74, 6) is -2.72. The fourth-order valence-electron chi connectivity index (χ4n) is 5.88. The van der Waals surface area contributed by atoms with Gasteiger partial charge in [-0.2, -0.15) is 0 Å². The number of nitrogens with one attached hydrogen (secondary N) is 4. The Morgan fingerprint density at radius 2 is 1.20 bits per heavy atom. The number of rotatable bonds is 21. The van der Waals surface area contributed by atoms with E-state index in [1.807, 2.05) is 55.4 Å². The predicted molar refractivity (Wildman–Crippen MR) is 192 cm³/mol. The van der Waals surface area contributed by atoms with Crippen LogP contribution in [0.3, 0.4) is 0 Å². The van der Waals surface area contributed by atoms with Gasteiger partial charge in [0.15, 0.2) is 12.0 Å². The minimum atomic E-state index is -1.86. The summed E-state index contributed by atoms with van der Waals surface area (Å²) in [6.07, 6.45) is 1.57. The zero-order valence-electron chi connectivity index (χ0n) is 33.1. The number of carbonyl (C=O) groups is 6. The largest absolute Gasteiger partial charge is 0.357 e. The lowest BCUT2D eigenvalue weighted by atomic mass is 9.88. The van der Waals surface area contributed by atoms with Crippen LogP contribution in [0.25, 0.3) is 0 Å². The number of nitrogens with zero attached hydrogens (tertiary/aromatic N) is 2. The summed E-state index contributed by atoms with van der Waals surface area (Å²) < 4.78 is 6.26. The van der Waals surface area contributed by atoms with Crippen molar-refractivity contribution >= 4 is 35.8 Å². The second kappa shape index (κ2) is 20.0. The minimum Gasteiger partial charge on any atom is -0.357 e. The fraction of sp³-hybridized carbons (Fsp3) is 0.833. The van der Waals surface area contributed by atoms with E-state index >= 15 is 0 Å². The Hall–Kier alpha value is -3.06. The molecular formula is C36H68N6O7. The molecule has 284 valence electrons. The molecule has 0 rings (SSSR count). The van der Waals surface area contributed by atoms with E-state index < -0.39 is 65.0 Å². The van der Waals surface area contributed by atoms with Crippen LogP contribution in [0.2, 0.25) is 0 Å². The Labute approximate surface area is 295 Å². The topological polar surface area (TPSA) is 166 Å². The Bertz CT molecular complexity index is 1130. The first-order valence-electron chi connectivity index (χ1n) is 17.6. The third-order valence-electron chi connectivity index (χ3n) is 8.94. The lowest BCUT2D eigenvalue weighted by Gasteiger charge is -2.43. The maximum Gasteiger partial charge on any atom is 0.255 e. The number of hydrogen-bond donors (Lipinski definition) is 4. The van der Waals surface area contributed by atoms with Gasteiger partial charge in [-0.05, 0) is 69.7 Å². The van der Waals surface area contributed by atoms with Crippen LogP contribution >= 0.6 is 0 Å². The molecule has 4 N–H and O–H groups in total. The molecule has 0 saturated carbocycles. The summed E-state index contributed by atoms with van der Waals surface area (Å²) in [7, 11) is 6.23. The van der Waals surface area contributed by atoms with Crippen LogP contribution in [-0.2, 0) is 33.5 Å². The van der Waals surface area contributed by atoms with Crippen molar-refractivity contribution < 1.29 is 33.5 Å². The Balaban J connectivity index is 6.59. The molecule has 0 heterocycles. The van der Waals surface area contributed by atoms with Crippen molar-refractivity contribution in [1.29, 1.82) is 0 Å². The van der Waals surface area contributed by atoms with Crippen molar-refractivity contribution in [3.8, 4) is 0 Å². The van der Waals surface area contributed by atoms with Gasteiger partial charge in [0.05, 0.1) is 6.04 Å². The van der Waals surface area contributed by atoms with Crippen LogP contribution in [0.15, 0.2) is 0 Å². The first-order valence-corrected chi connectivity index (χ1v) is 17.6. The molecule has 0 aliphatic rings. The molecule has 0 aromatic heterocycles. The molecule has 0 aromatic carbocycles. The molecule has 0 saturated heterocycles. The molecule has 5 amide bonds. The summed E-state index contributed by atoms with van der Waals surface area (Å²) >= 11 is 0. The highest BCUT2D eigenvalue weighted by Crippen LogP contribution is 2.30. The Kier molecular flexibility index (Phi) is 18.7. The number of hydrogen-bond acceptors (Lipinski definition) is 8. The van der Waals surface area contributed by atoms with Crippen LogP contribution < -0.4 is 21.3 Å². The number of amides is 5. The van der Waals surface area contributed by atoms with Crippen molar-refractivity contribution in [3.05, 3.63) is 0 Å². The molecular weight excluding hydrogens is 628 g/mol. The van der Waals surface area contributed by atoms with E-state index in [1.165, 1.54) is 30.8 Å². The second-order valence-electron chi connectivity index (χ2n) is 15.6. The second-order valence-corrected chi connectivity index (χ2v) is 15.6. The third kappa shape index (κ3) is 13.3. The lowest BCUT2D eigenvalue weighted by Crippen LogP contribution is -2.64. The molecule has 0 aromatic rings. The monoisotopic (exact) mass is 697 g/mol. The minimum absolute atomic E-state index is 0.0170. The molecule has 0 radical (unpaired) electrons. The molecule has 0 aliphatic heterocycles. The summed E-state index contributed by atoms with van der Waals surface area (Å²) in [6, 6.07) is -3.28. The molecule has 0 spiro atoms. The molecule has 13 nitrogen and oxygen atoms in total. The lowest BCUT2D eigenvalue weighted by molar-refractivity contribution is -0.196. The average Bonchev–Trinajstić information content (AvgIpc) is 2.99. The van der Waals surface area contributed by atoms with E-state index in [1.54, 1.807) is 34.9 Å². The van der Waals surface area contributed by atoms with E-state index in [-0.39, 0.29) is 36.0 Å². The highest BCUT2D eigenvalue weighted by molar-refractivity contribution is 5.95. The molecule has 6 atom stereocenters. The maximum atomic E-state index is 14.4. The van der Waals surface area contributed by atoms with E-state index in [2.05, 4.69) is 21.3 Å². The van der Waals surface area contributed by atoms with Gasteiger partial charge in [-0.1, -0.05) is 69.2 Å². The van der Waals surface area contributed by atoms with Gasteiger partial charge in [-0.15, -0.1) is 0 Å². The van der Waals surface area contributed by atoms with Crippen LogP contribution in [0.4, 0.5) is 0 Å². The molecule has 0 bridgehead atoms. The fourth-order valence-corrected chi connectivity index (χ4v) is 5.88. The standard InChI is InChI=1S/C36H68N6O7/c1-21(2)17-26(37-13)30(44)40-35(11,20-43)49-36(12,25(9)10)34(48)41(15)28(19-23(5)6)31(45)39-27(18-22(3)4)33(47)42(16)29(24(7)8)32(46)38-14/h20-29,37H,17-19H2,1-16H3,(H,38,46)(H,39,45)(H,40,44). The van der Waals surface area contributed by atoms with Gasteiger partial charge >= 0.3 is 0 Å². The summed E-state index contributed by atoms with van der Waals surface area (Å²) in [6.45, 7) is 21.8. The van der Waals surface area contributed by atoms with Gasteiger partial charge in [0.1, 0.15) is 23.7 Å². The molecule has 0 aliphatic carbocycles. The van der Waals surface area contributed by atoms with Crippen LogP contribution in [0, 0.1) is 29.6 Å². The first-order chi connectivity index (χ1) is 22.4. The molecule has 13 heteroatoms. The molecule has 49 heavy (non-hydrogen) atoms. The smallest absolute Gasteiger partial charge is 0.255 e. The normalized spacial score (nSPS) is 16.8. The van der Waals surface area contributed by atoms with Gasteiger partial charge in [-0.25, -0.2) is 0 Å². The summed E-state index contributed by atoms with van der Waals surface area (Å²) in [4.78, 5) is 83.3. The SMILES string of the molecule is CNC(=O)C(C(C)C)N(C)C(=O)C(CC(C)C)NC(=O)C(CC(C)C)N(C)C(=O)C(C)(OC(C)(C=O)NC(=O)C(CC(C)C)NC)C(C)C. The van der Waals surface area contributed by atoms with Crippen molar-refractivity contribution in [2.75, 3.05) is 28.2 Å². The van der Waals surface area contributed by atoms with Gasteiger partial charge in [0, 0.05) is 21.1 Å². The number of likely N-dealkylation sites (N-methyl/N-ethyl adjacent to an activating group) is 4. The first kappa shape index (κ1) is 45.9. The number of ether oxygens (including phenoxy) is 1. The predicted octanol–water partition coefficient (Wildman–Crippen LogP) is 2.72. The quantitative estimate of drug-likeness (QED) is 0.105. The van der Waals surface area contributed by atoms with Crippen molar-refractivity contribution in [2.45, 2.75) is 138 Å². The van der Waals surface area contributed by atoms with E-state index in [4.69, 9.17) is 4.74 Å². The summed E-state index contributed by atoms with van der Waals surface area (Å²) in [5, 5.41) is 11.2. The zero-order valence-corrected chi connectivity index (χ0v) is 33.1. The summed E-state index contributed by atoms with van der Waals surface area (Å²) in [5.41, 5.74) is -3.50. The van der Waals surface area contributed by atoms with Gasteiger partial charge in [0.25, 0.3) is 5.91 Å². The van der Waals surface area contributed by atoms with E-state index in [0.29, 0.717) is 19.1 Å². The van der Waals surface area contributed by atoms with Crippen LogP contribution in [-0.4, -0.2) is 109 Å². The van der Waals surface area contributed by atoms with Crippen LogP contribution in [0.5, 0.6) is 0 Å². The number of carbonyl (C=O) groups excluding carboxylic acids is 6. The van der Waals surface area contributed by atoms with Gasteiger partial charge in [0.2, 0.25) is 23.6 Å². The van der Waals surface area contributed by atoms with Crippen molar-refractivity contribution in [1.82, 2.24) is 31.1 Å². The van der Waals surface area contributed by atoms with Crippen LogP contribution in [0.1, 0.15) is 102 Å².